The van der Waals surface area contributed by atoms with Crippen LogP contribution in [0.3, 0.4) is 0 Å². The van der Waals surface area contributed by atoms with E-state index < -0.39 is 14.9 Å². The van der Waals surface area contributed by atoms with Crippen LogP contribution in [0.2, 0.25) is 0 Å². The van der Waals surface area contributed by atoms with Crippen molar-refractivity contribution >= 4 is 15.7 Å². The molecule has 19 heavy (non-hydrogen) atoms. The molecule has 0 bridgehead atoms. The third-order valence-electron chi connectivity index (χ3n) is 3.08. The standard InChI is InChI=1S/C11H14N2O5S/c1-8-6-10(13(14)15)7-11(9(8)2)19(16,17)12-4-3-5-18-12/h6-7H,3-5H2,1-2H3. The zero-order chi connectivity index (χ0) is 14.2. The molecule has 1 aromatic carbocycles. The highest BCUT2D eigenvalue weighted by molar-refractivity contribution is 7.89. The van der Waals surface area contributed by atoms with E-state index in [1.54, 1.807) is 13.8 Å². The largest absolute Gasteiger partial charge is 0.284 e. The van der Waals surface area contributed by atoms with E-state index in [2.05, 4.69) is 0 Å². The molecule has 1 aromatic rings. The minimum atomic E-state index is -3.84. The maximum Gasteiger partial charge on any atom is 0.271 e. The lowest BCUT2D eigenvalue weighted by atomic mass is 10.1. The first kappa shape index (κ1) is 13.9. The SMILES string of the molecule is Cc1cc([N+](=O)[O-])cc(S(=O)(=O)N2CCCO2)c1C. The molecule has 104 valence electrons. The molecule has 8 heteroatoms. The molecule has 0 saturated carbocycles. The van der Waals surface area contributed by atoms with Crippen molar-refractivity contribution in [3.8, 4) is 0 Å². The fourth-order valence-electron chi connectivity index (χ4n) is 1.91. The van der Waals surface area contributed by atoms with Gasteiger partial charge in [0.15, 0.2) is 0 Å². The number of hydrogen-bond donors (Lipinski definition) is 0. The van der Waals surface area contributed by atoms with Crippen molar-refractivity contribution in [1.29, 1.82) is 0 Å². The van der Waals surface area contributed by atoms with Crippen LogP contribution >= 0.6 is 0 Å². The zero-order valence-electron chi connectivity index (χ0n) is 10.6. The molecular weight excluding hydrogens is 272 g/mol. The maximum absolute atomic E-state index is 12.4. The molecule has 0 spiro atoms. The second-order valence-electron chi connectivity index (χ2n) is 4.36. The molecule has 0 amide bonds. The van der Waals surface area contributed by atoms with Gasteiger partial charge in [0.1, 0.15) is 0 Å². The van der Waals surface area contributed by atoms with Gasteiger partial charge in [-0.2, -0.15) is 0 Å². The fraction of sp³-hybridized carbons (Fsp3) is 0.455. The van der Waals surface area contributed by atoms with Gasteiger partial charge in [-0.25, -0.2) is 8.42 Å². The van der Waals surface area contributed by atoms with Gasteiger partial charge in [0.25, 0.3) is 15.7 Å². The molecule has 0 aliphatic carbocycles. The number of nitro groups is 1. The highest BCUT2D eigenvalue weighted by atomic mass is 32.2. The van der Waals surface area contributed by atoms with Crippen LogP contribution < -0.4 is 0 Å². The predicted molar refractivity (Wildman–Crippen MR) is 67.0 cm³/mol. The molecule has 2 rings (SSSR count). The molecule has 1 saturated heterocycles. The van der Waals surface area contributed by atoms with Gasteiger partial charge >= 0.3 is 0 Å². The van der Waals surface area contributed by atoms with Crippen LogP contribution in [0.5, 0.6) is 0 Å². The molecular formula is C11H14N2O5S. The zero-order valence-corrected chi connectivity index (χ0v) is 11.4. The van der Waals surface area contributed by atoms with Crippen LogP contribution in [-0.4, -0.2) is 31.0 Å². The van der Waals surface area contributed by atoms with Crippen LogP contribution in [0.1, 0.15) is 17.5 Å². The van der Waals surface area contributed by atoms with E-state index in [4.69, 9.17) is 4.84 Å². The van der Waals surface area contributed by atoms with Crippen molar-refractivity contribution in [2.45, 2.75) is 25.2 Å². The summed E-state index contributed by atoms with van der Waals surface area (Å²) in [5.74, 6) is 0. The number of hydroxylamine groups is 1. The van der Waals surface area contributed by atoms with Crippen LogP contribution in [-0.2, 0) is 14.9 Å². The fourth-order valence-corrected chi connectivity index (χ4v) is 3.53. The van der Waals surface area contributed by atoms with Crippen molar-refractivity contribution in [3.05, 3.63) is 33.4 Å². The first-order valence-electron chi connectivity index (χ1n) is 5.75. The van der Waals surface area contributed by atoms with E-state index in [1.165, 1.54) is 6.07 Å². The normalized spacial score (nSPS) is 16.7. The Hall–Kier alpha value is -1.51. The third kappa shape index (κ3) is 2.46. The lowest BCUT2D eigenvalue weighted by Gasteiger charge is -2.16. The number of rotatable bonds is 3. The van der Waals surface area contributed by atoms with Gasteiger partial charge in [-0.3, -0.25) is 15.0 Å². The van der Waals surface area contributed by atoms with Crippen molar-refractivity contribution < 1.29 is 18.2 Å². The Bertz CT molecular complexity index is 620. The van der Waals surface area contributed by atoms with E-state index in [0.717, 1.165) is 10.5 Å². The molecule has 0 N–H and O–H groups in total. The highest BCUT2D eigenvalue weighted by Crippen LogP contribution is 2.29. The number of benzene rings is 1. The molecule has 7 nitrogen and oxygen atoms in total. The topological polar surface area (TPSA) is 89.8 Å². The van der Waals surface area contributed by atoms with Gasteiger partial charge in [0.05, 0.1) is 16.4 Å². The summed E-state index contributed by atoms with van der Waals surface area (Å²) in [6, 6.07) is 2.44. The van der Waals surface area contributed by atoms with Gasteiger partial charge < -0.3 is 0 Å². The van der Waals surface area contributed by atoms with Crippen molar-refractivity contribution in [2.24, 2.45) is 0 Å². The maximum atomic E-state index is 12.4. The molecule has 0 radical (unpaired) electrons. The summed E-state index contributed by atoms with van der Waals surface area (Å²) in [4.78, 5) is 15.2. The summed E-state index contributed by atoms with van der Waals surface area (Å²) in [6.07, 6.45) is 0.617. The van der Waals surface area contributed by atoms with Gasteiger partial charge in [-0.05, 0) is 31.4 Å². The van der Waals surface area contributed by atoms with Crippen LogP contribution in [0, 0.1) is 24.0 Å². The number of sulfonamides is 1. The van der Waals surface area contributed by atoms with E-state index >= 15 is 0 Å². The van der Waals surface area contributed by atoms with E-state index in [0.29, 0.717) is 24.2 Å². The first-order valence-corrected chi connectivity index (χ1v) is 7.19. The Kier molecular flexibility index (Phi) is 3.57. The molecule has 1 aliphatic rings. The molecule has 0 atom stereocenters. The minimum Gasteiger partial charge on any atom is -0.284 e. The Balaban J connectivity index is 2.57. The summed E-state index contributed by atoms with van der Waals surface area (Å²) in [5.41, 5.74) is 0.828. The van der Waals surface area contributed by atoms with Gasteiger partial charge in [-0.1, -0.05) is 4.47 Å². The summed E-state index contributed by atoms with van der Waals surface area (Å²) < 4.78 is 25.6. The minimum absolute atomic E-state index is 0.0684. The van der Waals surface area contributed by atoms with Crippen molar-refractivity contribution in [2.75, 3.05) is 13.2 Å². The average molecular weight is 286 g/mol. The summed E-state index contributed by atoms with van der Waals surface area (Å²) in [6.45, 7) is 3.88. The monoisotopic (exact) mass is 286 g/mol. The number of nitro benzene ring substituents is 1. The van der Waals surface area contributed by atoms with Crippen molar-refractivity contribution in [3.63, 3.8) is 0 Å². The molecule has 0 aromatic heterocycles. The molecule has 1 heterocycles. The van der Waals surface area contributed by atoms with Crippen molar-refractivity contribution in [1.82, 2.24) is 4.47 Å². The predicted octanol–water partition coefficient (Wildman–Crippen LogP) is 1.54. The quantitative estimate of drug-likeness (QED) is 0.621. The lowest BCUT2D eigenvalue weighted by Crippen LogP contribution is -2.27. The Morgan fingerprint density at radius 1 is 1.37 bits per heavy atom. The second-order valence-corrected chi connectivity index (χ2v) is 6.16. The summed E-state index contributed by atoms with van der Waals surface area (Å²) in [7, 11) is -3.84. The summed E-state index contributed by atoms with van der Waals surface area (Å²) >= 11 is 0. The Labute approximate surface area is 110 Å². The Morgan fingerprint density at radius 2 is 2.05 bits per heavy atom. The van der Waals surface area contributed by atoms with Gasteiger partial charge in [0, 0.05) is 18.7 Å². The first-order chi connectivity index (χ1) is 8.84. The van der Waals surface area contributed by atoms with Crippen LogP contribution in [0.4, 0.5) is 5.69 Å². The lowest BCUT2D eigenvalue weighted by molar-refractivity contribution is -0.385. The van der Waals surface area contributed by atoms with Crippen LogP contribution in [0.15, 0.2) is 17.0 Å². The van der Waals surface area contributed by atoms with Crippen LogP contribution in [0.25, 0.3) is 0 Å². The number of non-ortho nitro benzene ring substituents is 1. The third-order valence-corrected chi connectivity index (χ3v) is 4.89. The number of nitrogens with zero attached hydrogens (tertiary/aromatic N) is 2. The van der Waals surface area contributed by atoms with Gasteiger partial charge in [0.2, 0.25) is 0 Å². The van der Waals surface area contributed by atoms with E-state index in [9.17, 15) is 18.5 Å². The molecule has 1 fully saturated rings. The van der Waals surface area contributed by atoms with E-state index in [1.807, 2.05) is 0 Å². The second kappa shape index (κ2) is 4.87. The molecule has 0 unspecified atom stereocenters. The Morgan fingerprint density at radius 3 is 2.58 bits per heavy atom. The number of aryl methyl sites for hydroxylation is 1. The number of hydrogen-bond acceptors (Lipinski definition) is 5. The smallest absolute Gasteiger partial charge is 0.271 e. The highest BCUT2D eigenvalue weighted by Gasteiger charge is 2.31. The summed E-state index contributed by atoms with van der Waals surface area (Å²) in [5, 5.41) is 10.8. The van der Waals surface area contributed by atoms with Gasteiger partial charge in [-0.15, -0.1) is 0 Å². The van der Waals surface area contributed by atoms with E-state index in [-0.39, 0.29) is 17.1 Å². The molecule has 1 aliphatic heterocycles. The average Bonchev–Trinajstić information content (AvgIpc) is 2.86.